The third-order valence-corrected chi connectivity index (χ3v) is 4.67. The summed E-state index contributed by atoms with van der Waals surface area (Å²) in [6.07, 6.45) is 3.71. The van der Waals surface area contributed by atoms with E-state index in [0.29, 0.717) is 0 Å². The minimum Gasteiger partial charge on any atom is -0.0654 e. The van der Waals surface area contributed by atoms with Crippen LogP contribution in [-0.2, 0) is 6.42 Å². The highest BCUT2D eigenvalue weighted by Crippen LogP contribution is 2.37. The molecule has 0 heterocycles. The molecule has 0 amide bonds. The van der Waals surface area contributed by atoms with Crippen molar-refractivity contribution in [1.29, 1.82) is 0 Å². The van der Waals surface area contributed by atoms with Crippen LogP contribution in [0.1, 0.15) is 30.9 Å². The summed E-state index contributed by atoms with van der Waals surface area (Å²) in [4.78, 5) is 0. The maximum atomic E-state index is 2.42. The van der Waals surface area contributed by atoms with Crippen molar-refractivity contribution in [1.82, 2.24) is 0 Å². The summed E-state index contributed by atoms with van der Waals surface area (Å²) in [5.74, 6) is 0. The molecule has 0 radical (unpaired) electrons. The standard InChI is InChI=1S/C21H20/c1-3-4-6-15-12-18-10-9-16-7-5-8-17-11-14(2)19(13-15)21(18)20(16)17/h5,7-13H,3-4,6H2,1-2H3. The summed E-state index contributed by atoms with van der Waals surface area (Å²) in [5, 5.41) is 8.42. The lowest BCUT2D eigenvalue weighted by Crippen LogP contribution is -1.91. The first-order valence-corrected chi connectivity index (χ1v) is 7.95. The van der Waals surface area contributed by atoms with E-state index >= 15 is 0 Å². The molecule has 4 rings (SSSR count). The van der Waals surface area contributed by atoms with Crippen LogP contribution in [0.4, 0.5) is 0 Å². The largest absolute Gasteiger partial charge is 0.0654 e. The summed E-state index contributed by atoms with van der Waals surface area (Å²) in [6, 6.07) is 18.3. The molecule has 0 saturated carbocycles. The zero-order chi connectivity index (χ0) is 14.4. The maximum absolute atomic E-state index is 2.42. The predicted octanol–water partition coefficient (Wildman–Crippen LogP) is 6.24. The lowest BCUT2D eigenvalue weighted by molar-refractivity contribution is 0.796. The van der Waals surface area contributed by atoms with Crippen molar-refractivity contribution in [2.45, 2.75) is 33.1 Å². The van der Waals surface area contributed by atoms with Gasteiger partial charge in [-0.15, -0.1) is 0 Å². The Labute approximate surface area is 125 Å². The Morgan fingerprint density at radius 3 is 2.43 bits per heavy atom. The van der Waals surface area contributed by atoms with Crippen molar-refractivity contribution >= 4 is 32.3 Å². The Kier molecular flexibility index (Phi) is 2.85. The molecule has 0 N–H and O–H groups in total. The summed E-state index contributed by atoms with van der Waals surface area (Å²) < 4.78 is 0. The molecule has 0 heteroatoms. The van der Waals surface area contributed by atoms with Crippen LogP contribution in [0.25, 0.3) is 32.3 Å². The molecule has 4 aromatic rings. The molecule has 0 aliphatic carbocycles. The van der Waals surface area contributed by atoms with Crippen LogP contribution in [0, 0.1) is 6.92 Å². The topological polar surface area (TPSA) is 0 Å². The Balaban J connectivity index is 2.13. The monoisotopic (exact) mass is 272 g/mol. The van der Waals surface area contributed by atoms with E-state index < -0.39 is 0 Å². The fraction of sp³-hybridized carbons (Fsp3) is 0.238. The van der Waals surface area contributed by atoms with Crippen LogP contribution in [0.3, 0.4) is 0 Å². The molecule has 0 unspecified atom stereocenters. The van der Waals surface area contributed by atoms with Crippen LogP contribution in [0.2, 0.25) is 0 Å². The van der Waals surface area contributed by atoms with Gasteiger partial charge in [-0.1, -0.05) is 61.9 Å². The van der Waals surface area contributed by atoms with Crippen molar-refractivity contribution in [2.24, 2.45) is 0 Å². The summed E-state index contributed by atoms with van der Waals surface area (Å²) in [7, 11) is 0. The van der Waals surface area contributed by atoms with Gasteiger partial charge in [-0.3, -0.25) is 0 Å². The Bertz CT molecular complexity index is 931. The van der Waals surface area contributed by atoms with Gasteiger partial charge >= 0.3 is 0 Å². The Morgan fingerprint density at radius 1 is 0.810 bits per heavy atom. The molecule has 0 bridgehead atoms. The molecule has 21 heavy (non-hydrogen) atoms. The number of benzene rings is 4. The molecular formula is C21H20. The predicted molar refractivity (Wildman–Crippen MR) is 93.5 cm³/mol. The Morgan fingerprint density at radius 2 is 1.57 bits per heavy atom. The number of hydrogen-bond acceptors (Lipinski definition) is 0. The van der Waals surface area contributed by atoms with Gasteiger partial charge in [-0.05, 0) is 63.2 Å². The first-order chi connectivity index (χ1) is 10.3. The van der Waals surface area contributed by atoms with E-state index in [1.54, 1.807) is 0 Å². The number of rotatable bonds is 3. The van der Waals surface area contributed by atoms with Gasteiger partial charge in [-0.2, -0.15) is 0 Å². The first kappa shape index (κ1) is 12.6. The van der Waals surface area contributed by atoms with E-state index in [2.05, 4.69) is 62.4 Å². The minimum atomic E-state index is 1.19. The zero-order valence-corrected chi connectivity index (χ0v) is 12.7. The van der Waals surface area contributed by atoms with Crippen molar-refractivity contribution in [3.05, 3.63) is 59.7 Å². The van der Waals surface area contributed by atoms with E-state index in [0.717, 1.165) is 0 Å². The molecule has 0 saturated heterocycles. The molecular weight excluding hydrogens is 252 g/mol. The van der Waals surface area contributed by atoms with Crippen molar-refractivity contribution in [3.8, 4) is 0 Å². The quantitative estimate of drug-likeness (QED) is 0.387. The molecule has 0 nitrogen and oxygen atoms in total. The molecule has 4 aromatic carbocycles. The maximum Gasteiger partial charge on any atom is -0.00239 e. The molecule has 0 aliphatic rings. The second-order valence-corrected chi connectivity index (χ2v) is 6.18. The third kappa shape index (κ3) is 1.90. The second-order valence-electron chi connectivity index (χ2n) is 6.18. The van der Waals surface area contributed by atoms with E-state index in [1.807, 2.05) is 0 Å². The SMILES string of the molecule is CCCCc1cc2ccc3cccc4cc(C)c(c1)c2c34. The van der Waals surface area contributed by atoms with Crippen LogP contribution in [-0.4, -0.2) is 0 Å². The summed E-state index contributed by atoms with van der Waals surface area (Å²) >= 11 is 0. The normalized spacial score (nSPS) is 11.9. The van der Waals surface area contributed by atoms with Crippen LogP contribution < -0.4 is 0 Å². The van der Waals surface area contributed by atoms with Gasteiger partial charge < -0.3 is 0 Å². The van der Waals surface area contributed by atoms with Crippen LogP contribution in [0.15, 0.2) is 48.5 Å². The van der Waals surface area contributed by atoms with Crippen molar-refractivity contribution < 1.29 is 0 Å². The average Bonchev–Trinajstić information content (AvgIpc) is 2.51. The van der Waals surface area contributed by atoms with E-state index in [9.17, 15) is 0 Å². The number of hydrogen-bond donors (Lipinski definition) is 0. The molecule has 0 spiro atoms. The number of unbranched alkanes of at least 4 members (excludes halogenated alkanes) is 1. The Hall–Kier alpha value is -2.08. The van der Waals surface area contributed by atoms with E-state index in [1.165, 1.54) is 62.7 Å². The van der Waals surface area contributed by atoms with Crippen LogP contribution >= 0.6 is 0 Å². The highest BCUT2D eigenvalue weighted by Gasteiger charge is 2.11. The van der Waals surface area contributed by atoms with Crippen molar-refractivity contribution in [3.63, 3.8) is 0 Å². The third-order valence-electron chi connectivity index (χ3n) is 4.67. The van der Waals surface area contributed by atoms with Gasteiger partial charge in [0.2, 0.25) is 0 Å². The zero-order valence-electron chi connectivity index (χ0n) is 12.7. The molecule has 0 aromatic heterocycles. The summed E-state index contributed by atoms with van der Waals surface area (Å²) in [6.45, 7) is 4.50. The van der Waals surface area contributed by atoms with Gasteiger partial charge in [0.1, 0.15) is 0 Å². The fourth-order valence-electron chi connectivity index (χ4n) is 3.60. The van der Waals surface area contributed by atoms with Crippen molar-refractivity contribution in [2.75, 3.05) is 0 Å². The fourth-order valence-corrected chi connectivity index (χ4v) is 3.60. The van der Waals surface area contributed by atoms with Gasteiger partial charge in [0.05, 0.1) is 0 Å². The smallest absolute Gasteiger partial charge is 0.00239 e. The highest BCUT2D eigenvalue weighted by atomic mass is 14.1. The average molecular weight is 272 g/mol. The lowest BCUT2D eigenvalue weighted by Gasteiger charge is -2.14. The van der Waals surface area contributed by atoms with Crippen LogP contribution in [0.5, 0.6) is 0 Å². The molecule has 0 aliphatic heterocycles. The van der Waals surface area contributed by atoms with Gasteiger partial charge in [-0.25, -0.2) is 0 Å². The summed E-state index contributed by atoms with van der Waals surface area (Å²) in [5.41, 5.74) is 2.87. The molecule has 0 atom stereocenters. The van der Waals surface area contributed by atoms with Gasteiger partial charge in [0, 0.05) is 0 Å². The van der Waals surface area contributed by atoms with E-state index in [4.69, 9.17) is 0 Å². The second kappa shape index (κ2) is 4.73. The highest BCUT2D eigenvalue weighted by molar-refractivity contribution is 6.23. The minimum absolute atomic E-state index is 1.19. The van der Waals surface area contributed by atoms with Gasteiger partial charge in [0.25, 0.3) is 0 Å². The van der Waals surface area contributed by atoms with E-state index in [-0.39, 0.29) is 0 Å². The molecule has 0 fully saturated rings. The number of aryl methyl sites for hydroxylation is 2. The van der Waals surface area contributed by atoms with Gasteiger partial charge in [0.15, 0.2) is 0 Å². The lowest BCUT2D eigenvalue weighted by atomic mass is 9.90. The first-order valence-electron chi connectivity index (χ1n) is 7.95. The molecule has 104 valence electrons.